The number of furan rings is 1. The summed E-state index contributed by atoms with van der Waals surface area (Å²) in [6.45, 7) is 0.460. The summed E-state index contributed by atoms with van der Waals surface area (Å²) in [5, 5.41) is 8.50. The number of rotatable bonds is 3. The summed E-state index contributed by atoms with van der Waals surface area (Å²) in [7, 11) is 0. The molecule has 0 unspecified atom stereocenters. The topological polar surface area (TPSA) is 42.2 Å². The van der Waals surface area contributed by atoms with Gasteiger partial charge in [0.15, 0.2) is 5.76 Å². The van der Waals surface area contributed by atoms with Crippen molar-refractivity contribution in [2.75, 3.05) is 0 Å². The van der Waals surface area contributed by atoms with E-state index in [1.54, 1.807) is 0 Å². The molecule has 0 fully saturated rings. The molecular weight excluding hydrogens is 334 g/mol. The lowest BCUT2D eigenvalue weighted by Crippen LogP contribution is -2.22. The van der Waals surface area contributed by atoms with Gasteiger partial charge in [-0.3, -0.25) is 4.79 Å². The van der Waals surface area contributed by atoms with Crippen LogP contribution in [0.5, 0.6) is 0 Å². The van der Waals surface area contributed by atoms with E-state index in [1.165, 1.54) is 10.8 Å². The fraction of sp³-hybridized carbons (Fsp3) is 0.0417. The Morgan fingerprint density at radius 1 is 0.741 bits per heavy atom. The van der Waals surface area contributed by atoms with Gasteiger partial charge in [-0.1, -0.05) is 66.7 Å². The van der Waals surface area contributed by atoms with E-state index in [-0.39, 0.29) is 5.91 Å². The maximum absolute atomic E-state index is 12.6. The molecule has 1 heterocycles. The van der Waals surface area contributed by atoms with Crippen LogP contribution >= 0.6 is 0 Å². The van der Waals surface area contributed by atoms with Crippen LogP contribution in [0.4, 0.5) is 0 Å². The number of carbonyl (C=O) groups is 1. The minimum absolute atomic E-state index is 0.205. The van der Waals surface area contributed by atoms with Crippen LogP contribution in [0.2, 0.25) is 0 Å². The average Bonchev–Trinajstić information content (AvgIpc) is 3.17. The molecule has 0 saturated carbocycles. The summed E-state index contributed by atoms with van der Waals surface area (Å²) in [5.74, 6) is 0.130. The minimum atomic E-state index is -0.205. The van der Waals surface area contributed by atoms with Gasteiger partial charge in [0.05, 0.1) is 0 Å². The Kier molecular flexibility index (Phi) is 3.65. The van der Waals surface area contributed by atoms with E-state index in [9.17, 15) is 4.79 Å². The molecule has 4 aromatic carbocycles. The van der Waals surface area contributed by atoms with Crippen molar-refractivity contribution >= 4 is 38.4 Å². The van der Waals surface area contributed by atoms with Crippen molar-refractivity contribution in [2.45, 2.75) is 6.54 Å². The highest BCUT2D eigenvalue weighted by molar-refractivity contribution is 6.08. The zero-order valence-electron chi connectivity index (χ0n) is 14.6. The van der Waals surface area contributed by atoms with Crippen molar-refractivity contribution in [1.82, 2.24) is 5.32 Å². The number of carbonyl (C=O) groups excluding carboxylic acids is 1. The summed E-state index contributed by atoms with van der Waals surface area (Å²) < 4.78 is 5.78. The molecule has 0 aliphatic heterocycles. The van der Waals surface area contributed by atoms with E-state index >= 15 is 0 Å². The van der Waals surface area contributed by atoms with E-state index in [2.05, 4.69) is 35.6 Å². The van der Waals surface area contributed by atoms with Gasteiger partial charge in [0.2, 0.25) is 0 Å². The molecular formula is C24H17NO2. The molecule has 1 aromatic heterocycles. The summed E-state index contributed by atoms with van der Waals surface area (Å²) >= 11 is 0. The van der Waals surface area contributed by atoms with Crippen LogP contribution in [0.15, 0.2) is 89.3 Å². The highest BCUT2D eigenvalue weighted by Gasteiger charge is 2.13. The predicted octanol–water partition coefficient (Wildman–Crippen LogP) is 5.67. The van der Waals surface area contributed by atoms with E-state index in [0.29, 0.717) is 12.3 Å². The third-order valence-corrected chi connectivity index (χ3v) is 4.92. The Bertz CT molecular complexity index is 1300. The van der Waals surface area contributed by atoms with Crippen molar-refractivity contribution in [3.05, 3.63) is 96.3 Å². The van der Waals surface area contributed by atoms with E-state index in [0.717, 1.165) is 27.3 Å². The van der Waals surface area contributed by atoms with Crippen LogP contribution in [-0.4, -0.2) is 5.91 Å². The largest absolute Gasteiger partial charge is 0.451 e. The number of hydrogen-bond acceptors (Lipinski definition) is 2. The Hall–Kier alpha value is -3.59. The molecule has 3 nitrogen and oxygen atoms in total. The summed E-state index contributed by atoms with van der Waals surface area (Å²) in [5.41, 5.74) is 1.79. The van der Waals surface area contributed by atoms with Gasteiger partial charge in [-0.05, 0) is 45.3 Å². The Morgan fingerprint density at radius 2 is 1.48 bits per heavy atom. The van der Waals surface area contributed by atoms with Crippen LogP contribution in [0, 0.1) is 0 Å². The second-order valence-corrected chi connectivity index (χ2v) is 6.67. The highest BCUT2D eigenvalue weighted by atomic mass is 16.3. The first-order chi connectivity index (χ1) is 13.3. The highest BCUT2D eigenvalue weighted by Crippen LogP contribution is 2.28. The Morgan fingerprint density at radius 3 is 2.37 bits per heavy atom. The van der Waals surface area contributed by atoms with Crippen molar-refractivity contribution in [3.63, 3.8) is 0 Å². The second-order valence-electron chi connectivity index (χ2n) is 6.67. The SMILES string of the molecule is O=C(NCc1ccc2ccccc2c1)c1cc2c(ccc3ccccc32)o1. The predicted molar refractivity (Wildman–Crippen MR) is 109 cm³/mol. The molecule has 0 bridgehead atoms. The summed E-state index contributed by atoms with van der Waals surface area (Å²) in [6.07, 6.45) is 0. The van der Waals surface area contributed by atoms with Gasteiger partial charge in [-0.2, -0.15) is 0 Å². The number of amides is 1. The fourth-order valence-electron chi connectivity index (χ4n) is 3.52. The van der Waals surface area contributed by atoms with Crippen molar-refractivity contribution in [3.8, 4) is 0 Å². The van der Waals surface area contributed by atoms with Crippen LogP contribution in [0.3, 0.4) is 0 Å². The van der Waals surface area contributed by atoms with Gasteiger partial charge in [0.1, 0.15) is 5.58 Å². The van der Waals surface area contributed by atoms with Gasteiger partial charge < -0.3 is 9.73 Å². The molecule has 0 aliphatic rings. The monoisotopic (exact) mass is 351 g/mol. The van der Waals surface area contributed by atoms with Crippen LogP contribution in [-0.2, 0) is 6.54 Å². The maximum Gasteiger partial charge on any atom is 0.287 e. The van der Waals surface area contributed by atoms with E-state index in [1.807, 2.05) is 54.6 Å². The molecule has 27 heavy (non-hydrogen) atoms. The van der Waals surface area contributed by atoms with Crippen LogP contribution in [0.25, 0.3) is 32.5 Å². The first-order valence-electron chi connectivity index (χ1n) is 8.95. The zero-order valence-corrected chi connectivity index (χ0v) is 14.6. The molecule has 5 rings (SSSR count). The molecule has 5 aromatic rings. The third kappa shape index (κ3) is 2.83. The molecule has 0 spiro atoms. The van der Waals surface area contributed by atoms with Crippen molar-refractivity contribution in [2.24, 2.45) is 0 Å². The summed E-state index contributed by atoms with van der Waals surface area (Å²) in [4.78, 5) is 12.6. The number of fused-ring (bicyclic) bond motifs is 4. The van der Waals surface area contributed by atoms with Gasteiger partial charge in [-0.15, -0.1) is 0 Å². The fourth-order valence-corrected chi connectivity index (χ4v) is 3.52. The molecule has 0 atom stereocenters. The van der Waals surface area contributed by atoms with Gasteiger partial charge in [0, 0.05) is 11.9 Å². The standard InChI is InChI=1S/C24H17NO2/c26-24(25-15-16-9-10-17-5-1-2-7-19(17)13-16)23-14-21-20-8-4-3-6-18(20)11-12-22(21)27-23/h1-14H,15H2,(H,25,26). The van der Waals surface area contributed by atoms with E-state index in [4.69, 9.17) is 4.42 Å². The number of nitrogens with one attached hydrogen (secondary N) is 1. The van der Waals surface area contributed by atoms with Gasteiger partial charge in [0.25, 0.3) is 5.91 Å². The normalized spacial score (nSPS) is 11.3. The smallest absolute Gasteiger partial charge is 0.287 e. The Balaban J connectivity index is 1.41. The molecule has 3 heteroatoms. The molecule has 0 radical (unpaired) electrons. The third-order valence-electron chi connectivity index (χ3n) is 4.92. The lowest BCUT2D eigenvalue weighted by molar-refractivity contribution is 0.0925. The second kappa shape index (κ2) is 6.29. The number of hydrogen-bond donors (Lipinski definition) is 1. The first-order valence-corrected chi connectivity index (χ1v) is 8.95. The Labute approximate surface area is 156 Å². The molecule has 1 amide bonds. The molecule has 1 N–H and O–H groups in total. The van der Waals surface area contributed by atoms with Crippen LogP contribution in [0.1, 0.15) is 16.1 Å². The lowest BCUT2D eigenvalue weighted by Gasteiger charge is -2.05. The van der Waals surface area contributed by atoms with Crippen LogP contribution < -0.4 is 5.32 Å². The molecule has 130 valence electrons. The lowest BCUT2D eigenvalue weighted by atomic mass is 10.1. The molecule has 0 aliphatic carbocycles. The molecule has 0 saturated heterocycles. The van der Waals surface area contributed by atoms with Gasteiger partial charge in [-0.25, -0.2) is 0 Å². The van der Waals surface area contributed by atoms with Crippen molar-refractivity contribution < 1.29 is 9.21 Å². The first kappa shape index (κ1) is 15.6. The minimum Gasteiger partial charge on any atom is -0.451 e. The summed E-state index contributed by atoms with van der Waals surface area (Å²) in [6, 6.07) is 28.3. The average molecular weight is 351 g/mol. The van der Waals surface area contributed by atoms with E-state index < -0.39 is 0 Å². The van der Waals surface area contributed by atoms with Gasteiger partial charge >= 0.3 is 0 Å². The quantitative estimate of drug-likeness (QED) is 0.455. The zero-order chi connectivity index (χ0) is 18.2. The van der Waals surface area contributed by atoms with Crippen molar-refractivity contribution in [1.29, 1.82) is 0 Å². The maximum atomic E-state index is 12.6. The number of benzene rings is 4.